The van der Waals surface area contributed by atoms with E-state index in [0.717, 1.165) is 31.5 Å². The fraction of sp³-hybridized carbons (Fsp3) is 0.526. The van der Waals surface area contributed by atoms with Gasteiger partial charge in [0.1, 0.15) is 0 Å². The Balaban J connectivity index is 1.75. The van der Waals surface area contributed by atoms with E-state index < -0.39 is 5.91 Å². The molecule has 0 radical (unpaired) electrons. The van der Waals surface area contributed by atoms with Crippen LogP contribution in [0.3, 0.4) is 0 Å². The molecule has 1 saturated heterocycles. The molecular weight excluding hydrogens is 332 g/mol. The van der Waals surface area contributed by atoms with Crippen molar-refractivity contribution in [3.05, 3.63) is 35.4 Å². The van der Waals surface area contributed by atoms with Gasteiger partial charge in [-0.15, -0.1) is 0 Å². The lowest BCUT2D eigenvalue weighted by Crippen LogP contribution is -2.33. The second kappa shape index (κ2) is 9.91. The number of piperidine rings is 1. The number of benzene rings is 1. The van der Waals surface area contributed by atoms with Crippen LogP contribution in [0.25, 0.3) is 0 Å². The van der Waals surface area contributed by atoms with Crippen molar-refractivity contribution in [1.29, 1.82) is 0 Å². The molecule has 0 bridgehead atoms. The number of hydrogen-bond donors (Lipinski definition) is 4. The molecule has 1 fully saturated rings. The maximum Gasteiger partial charge on any atom is 0.251 e. The summed E-state index contributed by atoms with van der Waals surface area (Å²) in [4.78, 5) is 34.6. The Bertz CT molecular complexity index is 624. The Morgan fingerprint density at radius 3 is 2.42 bits per heavy atom. The quantitative estimate of drug-likeness (QED) is 0.542. The summed E-state index contributed by atoms with van der Waals surface area (Å²) in [6.07, 6.45) is 2.81. The van der Waals surface area contributed by atoms with Gasteiger partial charge < -0.3 is 21.7 Å². The van der Waals surface area contributed by atoms with E-state index in [1.54, 1.807) is 24.3 Å². The Hall–Kier alpha value is -2.41. The first-order valence-corrected chi connectivity index (χ1v) is 9.08. The second-order valence-electron chi connectivity index (χ2n) is 6.89. The van der Waals surface area contributed by atoms with Crippen molar-refractivity contribution in [1.82, 2.24) is 16.0 Å². The van der Waals surface area contributed by atoms with E-state index in [-0.39, 0.29) is 18.4 Å². The van der Waals surface area contributed by atoms with Crippen LogP contribution >= 0.6 is 0 Å². The van der Waals surface area contributed by atoms with Crippen molar-refractivity contribution in [2.24, 2.45) is 17.6 Å². The summed E-state index contributed by atoms with van der Waals surface area (Å²) in [5.74, 6) is 0.111. The fourth-order valence-electron chi connectivity index (χ4n) is 3.19. The molecule has 7 nitrogen and oxygen atoms in total. The first kappa shape index (κ1) is 19.9. The SMILES string of the molecule is CC(CC(=O)NCc1ccc(C(=O)NCC(N)=O)cc1)C1CCNCC1. The predicted molar refractivity (Wildman–Crippen MR) is 99.2 cm³/mol. The minimum absolute atomic E-state index is 0.0549. The average Bonchev–Trinajstić information content (AvgIpc) is 2.65. The lowest BCUT2D eigenvalue weighted by molar-refractivity contribution is -0.122. The molecule has 0 aliphatic carbocycles. The highest BCUT2D eigenvalue weighted by atomic mass is 16.2. The van der Waals surface area contributed by atoms with Crippen LogP contribution in [0.5, 0.6) is 0 Å². The van der Waals surface area contributed by atoms with Crippen molar-refractivity contribution in [2.45, 2.75) is 32.7 Å². The largest absolute Gasteiger partial charge is 0.368 e. The summed E-state index contributed by atoms with van der Waals surface area (Å²) in [5.41, 5.74) is 6.36. The van der Waals surface area contributed by atoms with Crippen LogP contribution in [-0.2, 0) is 16.1 Å². The summed E-state index contributed by atoms with van der Waals surface area (Å²) in [6, 6.07) is 6.90. The third kappa shape index (κ3) is 6.48. The monoisotopic (exact) mass is 360 g/mol. The number of primary amides is 1. The number of amides is 3. The van der Waals surface area contributed by atoms with Gasteiger partial charge in [0.15, 0.2) is 0 Å². The highest BCUT2D eigenvalue weighted by Crippen LogP contribution is 2.24. The van der Waals surface area contributed by atoms with Crippen LogP contribution in [0, 0.1) is 11.8 Å². The molecule has 1 heterocycles. The van der Waals surface area contributed by atoms with Gasteiger partial charge in [-0.3, -0.25) is 14.4 Å². The van der Waals surface area contributed by atoms with Crippen molar-refractivity contribution >= 4 is 17.7 Å². The minimum atomic E-state index is -0.587. The molecule has 26 heavy (non-hydrogen) atoms. The molecule has 1 aliphatic rings. The first-order chi connectivity index (χ1) is 12.5. The standard InChI is InChI=1S/C19H28N4O3/c1-13(15-6-8-21-9-7-15)10-18(25)22-11-14-2-4-16(5-3-14)19(26)23-12-17(20)24/h2-5,13,15,21H,6-12H2,1H3,(H2,20,24)(H,22,25)(H,23,26). The number of rotatable bonds is 8. The molecule has 1 aromatic rings. The van der Waals surface area contributed by atoms with E-state index >= 15 is 0 Å². The van der Waals surface area contributed by atoms with Crippen LogP contribution in [-0.4, -0.2) is 37.4 Å². The zero-order valence-electron chi connectivity index (χ0n) is 15.2. The smallest absolute Gasteiger partial charge is 0.251 e. The Labute approximate surface area is 154 Å². The van der Waals surface area contributed by atoms with E-state index in [2.05, 4.69) is 22.9 Å². The summed E-state index contributed by atoms with van der Waals surface area (Å²) < 4.78 is 0. The highest BCUT2D eigenvalue weighted by Gasteiger charge is 2.21. The topological polar surface area (TPSA) is 113 Å². The van der Waals surface area contributed by atoms with Crippen LogP contribution in [0.2, 0.25) is 0 Å². The number of carbonyl (C=O) groups is 3. The third-order valence-electron chi connectivity index (χ3n) is 4.82. The Morgan fingerprint density at radius 2 is 1.81 bits per heavy atom. The van der Waals surface area contributed by atoms with Gasteiger partial charge in [-0.1, -0.05) is 19.1 Å². The molecule has 2 rings (SSSR count). The van der Waals surface area contributed by atoms with E-state index in [9.17, 15) is 14.4 Å². The molecule has 0 spiro atoms. The Kier molecular flexibility index (Phi) is 7.59. The summed E-state index contributed by atoms with van der Waals surface area (Å²) in [5, 5.41) is 8.72. The average molecular weight is 360 g/mol. The van der Waals surface area contributed by atoms with E-state index in [1.165, 1.54) is 0 Å². The van der Waals surface area contributed by atoms with Gasteiger partial charge in [-0.2, -0.15) is 0 Å². The van der Waals surface area contributed by atoms with Gasteiger partial charge in [0.2, 0.25) is 11.8 Å². The van der Waals surface area contributed by atoms with Crippen LogP contribution in [0.1, 0.15) is 42.1 Å². The molecule has 1 aromatic carbocycles. The van der Waals surface area contributed by atoms with Crippen LogP contribution < -0.4 is 21.7 Å². The van der Waals surface area contributed by atoms with Crippen molar-refractivity contribution in [3.63, 3.8) is 0 Å². The van der Waals surface area contributed by atoms with E-state index in [1.807, 2.05) is 0 Å². The minimum Gasteiger partial charge on any atom is -0.368 e. The van der Waals surface area contributed by atoms with Gasteiger partial charge in [0.25, 0.3) is 5.91 Å². The molecule has 7 heteroatoms. The highest BCUT2D eigenvalue weighted by molar-refractivity contribution is 5.96. The number of nitrogens with one attached hydrogen (secondary N) is 3. The van der Waals surface area contributed by atoms with Crippen LogP contribution in [0.15, 0.2) is 24.3 Å². The zero-order chi connectivity index (χ0) is 18.9. The molecule has 5 N–H and O–H groups in total. The molecular formula is C19H28N4O3. The van der Waals surface area contributed by atoms with Gasteiger partial charge in [0.05, 0.1) is 6.54 Å². The van der Waals surface area contributed by atoms with Gasteiger partial charge in [-0.25, -0.2) is 0 Å². The van der Waals surface area contributed by atoms with Gasteiger partial charge >= 0.3 is 0 Å². The van der Waals surface area contributed by atoms with Crippen molar-refractivity contribution < 1.29 is 14.4 Å². The molecule has 1 unspecified atom stereocenters. The zero-order valence-corrected chi connectivity index (χ0v) is 15.2. The lowest BCUT2D eigenvalue weighted by atomic mass is 9.84. The summed E-state index contributed by atoms with van der Waals surface area (Å²) in [7, 11) is 0. The summed E-state index contributed by atoms with van der Waals surface area (Å²) in [6.45, 7) is 4.47. The van der Waals surface area contributed by atoms with E-state index in [4.69, 9.17) is 5.73 Å². The molecule has 1 atom stereocenters. The normalized spacial score (nSPS) is 15.9. The lowest BCUT2D eigenvalue weighted by Gasteiger charge is -2.27. The first-order valence-electron chi connectivity index (χ1n) is 9.08. The number of hydrogen-bond acceptors (Lipinski definition) is 4. The van der Waals surface area contributed by atoms with Gasteiger partial charge in [-0.05, 0) is 55.5 Å². The number of carbonyl (C=O) groups excluding carboxylic acids is 3. The maximum absolute atomic E-state index is 12.2. The van der Waals surface area contributed by atoms with Gasteiger partial charge in [0, 0.05) is 18.5 Å². The maximum atomic E-state index is 12.2. The molecule has 1 aliphatic heterocycles. The molecule has 3 amide bonds. The van der Waals surface area contributed by atoms with Crippen molar-refractivity contribution in [3.8, 4) is 0 Å². The molecule has 0 aromatic heterocycles. The molecule has 0 saturated carbocycles. The van der Waals surface area contributed by atoms with Crippen molar-refractivity contribution in [2.75, 3.05) is 19.6 Å². The molecule has 142 valence electrons. The Morgan fingerprint density at radius 1 is 1.15 bits per heavy atom. The summed E-state index contributed by atoms with van der Waals surface area (Å²) >= 11 is 0. The second-order valence-corrected chi connectivity index (χ2v) is 6.89. The number of nitrogens with two attached hydrogens (primary N) is 1. The predicted octanol–water partition coefficient (Wildman–Crippen LogP) is 0.544. The third-order valence-corrected chi connectivity index (χ3v) is 4.82. The van der Waals surface area contributed by atoms with Crippen LogP contribution in [0.4, 0.5) is 0 Å². The fourth-order valence-corrected chi connectivity index (χ4v) is 3.19. The van der Waals surface area contributed by atoms with E-state index in [0.29, 0.717) is 30.4 Å².